The van der Waals surface area contributed by atoms with Crippen LogP contribution in [0.3, 0.4) is 0 Å². The smallest absolute Gasteiger partial charge is 0.226 e. The Labute approximate surface area is 141 Å². The van der Waals surface area contributed by atoms with E-state index < -0.39 is 0 Å². The van der Waals surface area contributed by atoms with Gasteiger partial charge in [0.1, 0.15) is 5.65 Å². The summed E-state index contributed by atoms with van der Waals surface area (Å²) in [5, 5.41) is 0. The Morgan fingerprint density at radius 1 is 1.29 bits per heavy atom. The number of pyridine rings is 1. The SMILES string of the molecule is Cc1ccn2c3c(nc2c1)CCC(C(=O)N1CCN(C=O)CC1)C3. The van der Waals surface area contributed by atoms with Gasteiger partial charge in [-0.15, -0.1) is 0 Å². The van der Waals surface area contributed by atoms with E-state index in [1.54, 1.807) is 4.90 Å². The second-order valence-corrected chi connectivity index (χ2v) is 6.84. The van der Waals surface area contributed by atoms with Crippen LogP contribution in [0.2, 0.25) is 0 Å². The van der Waals surface area contributed by atoms with Crippen molar-refractivity contribution in [2.45, 2.75) is 26.2 Å². The van der Waals surface area contributed by atoms with Gasteiger partial charge in [-0.2, -0.15) is 0 Å². The summed E-state index contributed by atoms with van der Waals surface area (Å²) in [5.41, 5.74) is 4.50. The first kappa shape index (κ1) is 15.2. The summed E-state index contributed by atoms with van der Waals surface area (Å²) in [6.45, 7) is 4.64. The minimum absolute atomic E-state index is 0.0292. The maximum absolute atomic E-state index is 12.9. The summed E-state index contributed by atoms with van der Waals surface area (Å²) in [7, 11) is 0. The molecule has 24 heavy (non-hydrogen) atoms. The molecule has 1 aliphatic carbocycles. The number of carbonyl (C=O) groups is 2. The lowest BCUT2D eigenvalue weighted by molar-refractivity contribution is -0.139. The molecule has 3 heterocycles. The lowest BCUT2D eigenvalue weighted by Gasteiger charge is -2.35. The average molecular weight is 326 g/mol. The molecule has 2 amide bonds. The van der Waals surface area contributed by atoms with E-state index in [9.17, 15) is 9.59 Å². The summed E-state index contributed by atoms with van der Waals surface area (Å²) in [6.07, 6.45) is 5.41. The highest BCUT2D eigenvalue weighted by Gasteiger charge is 2.32. The molecule has 0 saturated carbocycles. The number of fused-ring (bicyclic) bond motifs is 3. The molecule has 0 N–H and O–H groups in total. The largest absolute Gasteiger partial charge is 0.342 e. The van der Waals surface area contributed by atoms with Crippen LogP contribution in [0.4, 0.5) is 0 Å². The van der Waals surface area contributed by atoms with Gasteiger partial charge in [0.15, 0.2) is 0 Å². The van der Waals surface area contributed by atoms with E-state index in [2.05, 4.69) is 29.7 Å². The van der Waals surface area contributed by atoms with Gasteiger partial charge in [-0.25, -0.2) is 4.98 Å². The van der Waals surface area contributed by atoms with Gasteiger partial charge in [-0.05, 0) is 37.5 Å². The van der Waals surface area contributed by atoms with E-state index in [4.69, 9.17) is 4.98 Å². The van der Waals surface area contributed by atoms with E-state index in [0.717, 1.165) is 37.0 Å². The summed E-state index contributed by atoms with van der Waals surface area (Å²) in [5.74, 6) is 0.259. The Morgan fingerprint density at radius 3 is 2.83 bits per heavy atom. The third-order valence-corrected chi connectivity index (χ3v) is 5.26. The first-order valence-corrected chi connectivity index (χ1v) is 8.60. The molecule has 126 valence electrons. The highest BCUT2D eigenvalue weighted by Crippen LogP contribution is 2.28. The molecular formula is C18H22N4O2. The zero-order chi connectivity index (χ0) is 16.7. The molecule has 0 radical (unpaired) electrons. The number of nitrogens with zero attached hydrogens (tertiary/aromatic N) is 4. The number of piperazine rings is 1. The standard InChI is InChI=1S/C18H22N4O2/c1-13-4-5-22-16-11-14(2-3-15(16)19-17(22)10-13)18(24)21-8-6-20(12-23)7-9-21/h4-5,10,12,14H,2-3,6-9,11H2,1H3. The first-order valence-electron chi connectivity index (χ1n) is 8.60. The predicted molar refractivity (Wildman–Crippen MR) is 89.7 cm³/mol. The van der Waals surface area contributed by atoms with Crippen LogP contribution in [-0.4, -0.2) is 57.7 Å². The van der Waals surface area contributed by atoms with Gasteiger partial charge >= 0.3 is 0 Å². The molecule has 0 bridgehead atoms. The lowest BCUT2D eigenvalue weighted by Crippen LogP contribution is -2.50. The summed E-state index contributed by atoms with van der Waals surface area (Å²) < 4.78 is 2.13. The molecular weight excluding hydrogens is 304 g/mol. The molecule has 1 saturated heterocycles. The van der Waals surface area contributed by atoms with E-state index in [1.807, 2.05) is 4.90 Å². The zero-order valence-electron chi connectivity index (χ0n) is 13.9. The van der Waals surface area contributed by atoms with E-state index in [1.165, 1.54) is 11.3 Å². The van der Waals surface area contributed by atoms with Gasteiger partial charge in [-0.3, -0.25) is 9.59 Å². The van der Waals surface area contributed by atoms with E-state index in [-0.39, 0.29) is 11.8 Å². The minimum Gasteiger partial charge on any atom is -0.342 e. The van der Waals surface area contributed by atoms with Crippen molar-refractivity contribution in [3.8, 4) is 0 Å². The fraction of sp³-hybridized carbons (Fsp3) is 0.500. The number of aryl methyl sites for hydroxylation is 2. The van der Waals surface area contributed by atoms with Gasteiger partial charge < -0.3 is 14.2 Å². The van der Waals surface area contributed by atoms with Crippen LogP contribution in [-0.2, 0) is 22.4 Å². The molecule has 1 aliphatic heterocycles. The maximum Gasteiger partial charge on any atom is 0.226 e. The fourth-order valence-corrected chi connectivity index (χ4v) is 3.83. The number of carbonyl (C=O) groups excluding carboxylic acids is 2. The van der Waals surface area contributed by atoms with Crippen molar-refractivity contribution in [3.05, 3.63) is 35.3 Å². The van der Waals surface area contributed by atoms with Crippen LogP contribution < -0.4 is 0 Å². The number of hydrogen-bond donors (Lipinski definition) is 0. The van der Waals surface area contributed by atoms with Crippen molar-refractivity contribution in [3.63, 3.8) is 0 Å². The van der Waals surface area contributed by atoms with Crippen LogP contribution in [0.1, 0.15) is 23.4 Å². The molecule has 1 fully saturated rings. The van der Waals surface area contributed by atoms with Crippen molar-refractivity contribution in [1.29, 1.82) is 0 Å². The van der Waals surface area contributed by atoms with Crippen LogP contribution in [0.15, 0.2) is 18.3 Å². The molecule has 6 nitrogen and oxygen atoms in total. The molecule has 2 aromatic heterocycles. The van der Waals surface area contributed by atoms with Gasteiger partial charge in [-0.1, -0.05) is 0 Å². The van der Waals surface area contributed by atoms with Crippen LogP contribution >= 0.6 is 0 Å². The number of rotatable bonds is 2. The lowest BCUT2D eigenvalue weighted by atomic mass is 9.88. The highest BCUT2D eigenvalue weighted by atomic mass is 16.2. The highest BCUT2D eigenvalue weighted by molar-refractivity contribution is 5.79. The Hall–Kier alpha value is -2.37. The molecule has 6 heteroatoms. The van der Waals surface area contributed by atoms with Crippen molar-refractivity contribution < 1.29 is 9.59 Å². The molecule has 1 atom stereocenters. The third kappa shape index (κ3) is 2.56. The molecule has 0 spiro atoms. The number of imidazole rings is 1. The molecule has 0 aromatic carbocycles. The third-order valence-electron chi connectivity index (χ3n) is 5.26. The van der Waals surface area contributed by atoms with Crippen LogP contribution in [0.5, 0.6) is 0 Å². The van der Waals surface area contributed by atoms with Gasteiger partial charge in [0, 0.05) is 50.4 Å². The summed E-state index contributed by atoms with van der Waals surface area (Å²) in [6, 6.07) is 4.17. The second-order valence-electron chi connectivity index (χ2n) is 6.84. The zero-order valence-corrected chi connectivity index (χ0v) is 13.9. The molecule has 2 aromatic rings. The summed E-state index contributed by atoms with van der Waals surface area (Å²) >= 11 is 0. The molecule has 4 rings (SSSR count). The maximum atomic E-state index is 12.9. The Bertz CT molecular complexity index is 790. The predicted octanol–water partition coefficient (Wildman–Crippen LogP) is 1.05. The van der Waals surface area contributed by atoms with Gasteiger partial charge in [0.2, 0.25) is 12.3 Å². The summed E-state index contributed by atoms with van der Waals surface area (Å²) in [4.78, 5) is 32.1. The van der Waals surface area contributed by atoms with Crippen molar-refractivity contribution in [2.75, 3.05) is 26.2 Å². The van der Waals surface area contributed by atoms with Crippen LogP contribution in [0, 0.1) is 12.8 Å². The first-order chi connectivity index (χ1) is 11.7. The van der Waals surface area contributed by atoms with E-state index >= 15 is 0 Å². The van der Waals surface area contributed by atoms with Crippen molar-refractivity contribution >= 4 is 18.0 Å². The normalized spacial score (nSPS) is 21.0. The van der Waals surface area contributed by atoms with Crippen LogP contribution in [0.25, 0.3) is 5.65 Å². The average Bonchev–Trinajstić information content (AvgIpc) is 2.97. The number of aromatic nitrogens is 2. The van der Waals surface area contributed by atoms with E-state index in [0.29, 0.717) is 26.2 Å². The second kappa shape index (κ2) is 5.92. The topological polar surface area (TPSA) is 57.9 Å². The molecule has 1 unspecified atom stereocenters. The minimum atomic E-state index is 0.0292. The quantitative estimate of drug-likeness (QED) is 0.775. The molecule has 2 aliphatic rings. The monoisotopic (exact) mass is 326 g/mol. The Morgan fingerprint density at radius 2 is 2.08 bits per heavy atom. The number of hydrogen-bond acceptors (Lipinski definition) is 3. The Kier molecular flexibility index (Phi) is 3.75. The van der Waals surface area contributed by atoms with Gasteiger partial charge in [0.05, 0.1) is 5.69 Å². The fourth-order valence-electron chi connectivity index (χ4n) is 3.83. The van der Waals surface area contributed by atoms with Gasteiger partial charge in [0.25, 0.3) is 0 Å². The van der Waals surface area contributed by atoms with Crippen molar-refractivity contribution in [1.82, 2.24) is 19.2 Å². The number of amides is 2. The van der Waals surface area contributed by atoms with Crippen molar-refractivity contribution in [2.24, 2.45) is 5.92 Å². The Balaban J connectivity index is 1.52.